The predicted octanol–water partition coefficient (Wildman–Crippen LogP) is 3.13. The Morgan fingerprint density at radius 3 is 2.75 bits per heavy atom. The van der Waals surface area contributed by atoms with Gasteiger partial charge in [0, 0.05) is 13.1 Å². The molecule has 0 aliphatic rings. The van der Waals surface area contributed by atoms with E-state index in [0.29, 0.717) is 18.3 Å². The third kappa shape index (κ3) is 5.61. The Hall–Kier alpha value is -1.55. The van der Waals surface area contributed by atoms with Crippen molar-refractivity contribution in [2.45, 2.75) is 27.2 Å². The summed E-state index contributed by atoms with van der Waals surface area (Å²) in [5, 5.41) is 8.92. The lowest BCUT2D eigenvalue weighted by molar-refractivity contribution is 0.0696. The molecule has 4 nitrogen and oxygen atoms in total. The predicted molar refractivity (Wildman–Crippen MR) is 80.5 cm³/mol. The van der Waals surface area contributed by atoms with Crippen LogP contribution in [0.15, 0.2) is 24.3 Å². The first-order valence-corrected chi connectivity index (χ1v) is 7.25. The van der Waals surface area contributed by atoms with E-state index in [-0.39, 0.29) is 5.56 Å². The highest BCUT2D eigenvalue weighted by molar-refractivity contribution is 5.87. The number of ether oxygens (including phenoxy) is 1. The van der Waals surface area contributed by atoms with Crippen LogP contribution in [0.4, 0.5) is 0 Å². The molecule has 0 radical (unpaired) electrons. The molecule has 1 rings (SSSR count). The van der Waals surface area contributed by atoms with Crippen LogP contribution in [-0.4, -0.2) is 42.2 Å². The van der Waals surface area contributed by atoms with Gasteiger partial charge in [0.05, 0.1) is 5.56 Å². The van der Waals surface area contributed by atoms with Crippen LogP contribution < -0.4 is 4.74 Å². The van der Waals surface area contributed by atoms with Gasteiger partial charge >= 0.3 is 5.97 Å². The van der Waals surface area contributed by atoms with Crippen molar-refractivity contribution in [2.24, 2.45) is 5.92 Å². The maximum atomic E-state index is 10.9. The third-order valence-corrected chi connectivity index (χ3v) is 3.47. The normalized spacial score (nSPS) is 12.4. The van der Waals surface area contributed by atoms with Crippen LogP contribution in [0.5, 0.6) is 5.75 Å². The van der Waals surface area contributed by atoms with Crippen LogP contribution in [-0.2, 0) is 0 Å². The number of carbonyl (C=O) groups is 1. The molecule has 0 aliphatic heterocycles. The highest BCUT2D eigenvalue weighted by Gasteiger charge is 2.08. The van der Waals surface area contributed by atoms with Crippen molar-refractivity contribution in [3.05, 3.63) is 29.8 Å². The Bertz CT molecular complexity index is 420. The van der Waals surface area contributed by atoms with E-state index in [4.69, 9.17) is 9.84 Å². The van der Waals surface area contributed by atoms with Crippen LogP contribution in [0.3, 0.4) is 0 Å². The summed E-state index contributed by atoms with van der Waals surface area (Å²) in [6.07, 6.45) is 1.18. The number of hydrogen-bond donors (Lipinski definition) is 1. The summed E-state index contributed by atoms with van der Waals surface area (Å²) in [6, 6.07) is 6.62. The van der Waals surface area contributed by atoms with Crippen molar-refractivity contribution < 1.29 is 14.6 Å². The topological polar surface area (TPSA) is 49.8 Å². The van der Waals surface area contributed by atoms with Gasteiger partial charge in [-0.05, 0) is 30.7 Å². The van der Waals surface area contributed by atoms with E-state index in [1.807, 2.05) is 0 Å². The van der Waals surface area contributed by atoms with Crippen molar-refractivity contribution in [3.63, 3.8) is 0 Å². The second kappa shape index (κ2) is 8.59. The summed E-state index contributed by atoms with van der Waals surface area (Å²) in [7, 11) is 0. The third-order valence-electron chi connectivity index (χ3n) is 3.47. The van der Waals surface area contributed by atoms with E-state index < -0.39 is 5.97 Å². The Balaban J connectivity index is 2.42. The van der Waals surface area contributed by atoms with Crippen LogP contribution in [0.25, 0.3) is 0 Å². The van der Waals surface area contributed by atoms with Crippen molar-refractivity contribution in [2.75, 3.05) is 26.2 Å². The summed E-state index contributed by atoms with van der Waals surface area (Å²) >= 11 is 0. The maximum absolute atomic E-state index is 10.9. The molecule has 20 heavy (non-hydrogen) atoms. The van der Waals surface area contributed by atoms with Crippen molar-refractivity contribution >= 4 is 5.97 Å². The van der Waals surface area contributed by atoms with Gasteiger partial charge in [0.25, 0.3) is 0 Å². The average Bonchev–Trinajstić information content (AvgIpc) is 2.46. The Morgan fingerprint density at radius 2 is 2.15 bits per heavy atom. The number of rotatable bonds is 9. The van der Waals surface area contributed by atoms with Gasteiger partial charge in [-0.15, -0.1) is 0 Å². The summed E-state index contributed by atoms with van der Waals surface area (Å²) in [4.78, 5) is 13.2. The van der Waals surface area contributed by atoms with Gasteiger partial charge in [-0.2, -0.15) is 0 Å². The molecule has 4 heteroatoms. The second-order valence-electron chi connectivity index (χ2n) is 5.09. The molecule has 0 saturated heterocycles. The highest BCUT2D eigenvalue weighted by Crippen LogP contribution is 2.13. The fraction of sp³-hybridized carbons (Fsp3) is 0.562. The fourth-order valence-corrected chi connectivity index (χ4v) is 1.96. The summed E-state index contributed by atoms with van der Waals surface area (Å²) in [6.45, 7) is 10.1. The van der Waals surface area contributed by atoms with Gasteiger partial charge in [-0.25, -0.2) is 4.79 Å². The minimum atomic E-state index is -0.928. The largest absolute Gasteiger partial charge is 0.492 e. The van der Waals surface area contributed by atoms with Crippen molar-refractivity contribution in [1.82, 2.24) is 4.90 Å². The first-order valence-electron chi connectivity index (χ1n) is 7.25. The molecule has 0 fully saturated rings. The Morgan fingerprint density at radius 1 is 1.40 bits per heavy atom. The van der Waals surface area contributed by atoms with Gasteiger partial charge < -0.3 is 9.84 Å². The zero-order valence-corrected chi connectivity index (χ0v) is 12.6. The smallest absolute Gasteiger partial charge is 0.335 e. The SMILES string of the molecule is CCC(C)CN(CC)CCOc1cccc(C(=O)O)c1. The zero-order chi connectivity index (χ0) is 15.0. The lowest BCUT2D eigenvalue weighted by Gasteiger charge is -2.23. The lowest BCUT2D eigenvalue weighted by atomic mass is 10.1. The van der Waals surface area contributed by atoms with Crippen LogP contribution in [0.1, 0.15) is 37.6 Å². The van der Waals surface area contributed by atoms with E-state index in [0.717, 1.165) is 19.6 Å². The van der Waals surface area contributed by atoms with E-state index in [9.17, 15) is 4.79 Å². The molecule has 1 unspecified atom stereocenters. The second-order valence-corrected chi connectivity index (χ2v) is 5.09. The summed E-state index contributed by atoms with van der Waals surface area (Å²) < 4.78 is 5.64. The molecule has 0 saturated carbocycles. The highest BCUT2D eigenvalue weighted by atomic mass is 16.5. The van der Waals surface area contributed by atoms with Gasteiger partial charge in [-0.3, -0.25) is 4.90 Å². The Kier molecular flexibility index (Phi) is 7.09. The zero-order valence-electron chi connectivity index (χ0n) is 12.6. The molecule has 0 heterocycles. The number of benzene rings is 1. The monoisotopic (exact) mass is 279 g/mol. The molecule has 0 aromatic heterocycles. The molecule has 0 bridgehead atoms. The standard InChI is InChI=1S/C16H25NO3/c1-4-13(3)12-17(5-2)9-10-20-15-8-6-7-14(11-15)16(18)19/h6-8,11,13H,4-5,9-10,12H2,1-3H3,(H,18,19). The van der Waals surface area contributed by atoms with Gasteiger partial charge in [0.15, 0.2) is 0 Å². The van der Waals surface area contributed by atoms with Gasteiger partial charge in [-0.1, -0.05) is 33.3 Å². The van der Waals surface area contributed by atoms with E-state index >= 15 is 0 Å². The molecular formula is C16H25NO3. The molecule has 0 aliphatic carbocycles. The summed E-state index contributed by atoms with van der Waals surface area (Å²) in [5.41, 5.74) is 0.259. The van der Waals surface area contributed by atoms with Crippen molar-refractivity contribution in [1.29, 1.82) is 0 Å². The van der Waals surface area contributed by atoms with E-state index in [1.165, 1.54) is 6.42 Å². The molecule has 1 aromatic carbocycles. The number of nitrogens with zero attached hydrogens (tertiary/aromatic N) is 1. The number of carboxylic acids is 1. The number of carboxylic acid groups (broad SMARTS) is 1. The molecular weight excluding hydrogens is 254 g/mol. The minimum Gasteiger partial charge on any atom is -0.492 e. The quantitative estimate of drug-likeness (QED) is 0.754. The van der Waals surface area contributed by atoms with Crippen LogP contribution >= 0.6 is 0 Å². The van der Waals surface area contributed by atoms with Crippen LogP contribution in [0, 0.1) is 5.92 Å². The Labute approximate surface area is 121 Å². The van der Waals surface area contributed by atoms with E-state index in [2.05, 4.69) is 25.7 Å². The molecule has 0 spiro atoms. The first-order chi connectivity index (χ1) is 9.56. The summed E-state index contributed by atoms with van der Waals surface area (Å²) in [5.74, 6) is 0.372. The first kappa shape index (κ1) is 16.5. The molecule has 1 N–H and O–H groups in total. The average molecular weight is 279 g/mol. The van der Waals surface area contributed by atoms with Crippen LogP contribution in [0.2, 0.25) is 0 Å². The van der Waals surface area contributed by atoms with E-state index in [1.54, 1.807) is 24.3 Å². The lowest BCUT2D eigenvalue weighted by Crippen LogP contribution is -2.32. The fourth-order valence-electron chi connectivity index (χ4n) is 1.96. The number of aromatic carboxylic acids is 1. The van der Waals surface area contributed by atoms with Crippen molar-refractivity contribution in [3.8, 4) is 5.75 Å². The molecule has 1 aromatic rings. The minimum absolute atomic E-state index is 0.259. The van der Waals surface area contributed by atoms with Gasteiger partial charge in [0.2, 0.25) is 0 Å². The molecule has 0 amide bonds. The number of likely N-dealkylation sites (N-methyl/N-ethyl adjacent to an activating group) is 1. The maximum Gasteiger partial charge on any atom is 0.335 e. The van der Waals surface area contributed by atoms with Gasteiger partial charge in [0.1, 0.15) is 12.4 Å². The molecule has 112 valence electrons. The molecule has 1 atom stereocenters. The number of hydrogen-bond acceptors (Lipinski definition) is 3.